The van der Waals surface area contributed by atoms with Gasteiger partial charge in [-0.05, 0) is 65.8 Å². The minimum atomic E-state index is 0.218. The van der Waals surface area contributed by atoms with Crippen molar-refractivity contribution in [2.45, 2.75) is 32.1 Å². The van der Waals surface area contributed by atoms with Crippen LogP contribution in [-0.4, -0.2) is 48.7 Å². The van der Waals surface area contributed by atoms with Crippen LogP contribution in [0.5, 0.6) is 5.75 Å². The second-order valence-electron chi connectivity index (χ2n) is 8.00. The number of hydrogen-bond donors (Lipinski definition) is 0. The van der Waals surface area contributed by atoms with Crippen molar-refractivity contribution in [3.05, 3.63) is 72.1 Å². The first-order valence-electron chi connectivity index (χ1n) is 11.5. The van der Waals surface area contributed by atoms with Gasteiger partial charge in [0.05, 0.1) is 19.8 Å². The highest BCUT2D eigenvalue weighted by Gasteiger charge is 2.16. The number of unbranched alkanes of at least 4 members (excludes halogenated alkanes) is 1. The summed E-state index contributed by atoms with van der Waals surface area (Å²) in [6.45, 7) is 3.44. The Kier molecular flexibility index (Phi) is 9.75. The Morgan fingerprint density at radius 3 is 2.55 bits per heavy atom. The summed E-state index contributed by atoms with van der Waals surface area (Å²) in [6, 6.07) is 16.8. The van der Waals surface area contributed by atoms with Crippen LogP contribution in [0.4, 0.5) is 0 Å². The molecule has 0 bridgehead atoms. The number of amides is 1. The fourth-order valence-corrected chi connectivity index (χ4v) is 3.91. The average Bonchev–Trinajstić information content (AvgIpc) is 2.89. The number of morpholine rings is 1. The second-order valence-corrected chi connectivity index (χ2v) is 8.00. The molecule has 172 valence electrons. The van der Waals surface area contributed by atoms with Crippen LogP contribution in [0.3, 0.4) is 0 Å². The molecule has 5 nitrogen and oxygen atoms in total. The first-order chi connectivity index (χ1) is 16.3. The molecule has 0 spiro atoms. The zero-order valence-electron chi connectivity index (χ0n) is 19.1. The van der Waals surface area contributed by atoms with Crippen molar-refractivity contribution < 1.29 is 14.3 Å². The molecule has 0 unspecified atom stereocenters. The summed E-state index contributed by atoms with van der Waals surface area (Å²) in [5.41, 5.74) is 2.47. The van der Waals surface area contributed by atoms with E-state index >= 15 is 0 Å². The van der Waals surface area contributed by atoms with Gasteiger partial charge >= 0.3 is 0 Å². The Hall–Kier alpha value is -3.36. The molecule has 1 saturated heterocycles. The monoisotopic (exact) mass is 444 g/mol. The van der Waals surface area contributed by atoms with Gasteiger partial charge in [0.1, 0.15) is 5.75 Å². The molecular weight excluding hydrogens is 412 g/mol. The summed E-state index contributed by atoms with van der Waals surface area (Å²) in [7, 11) is 0. The minimum absolute atomic E-state index is 0.218. The molecule has 3 aromatic rings. The van der Waals surface area contributed by atoms with Crippen LogP contribution >= 0.6 is 0 Å². The van der Waals surface area contributed by atoms with Crippen LogP contribution in [0.2, 0.25) is 0 Å². The van der Waals surface area contributed by atoms with Gasteiger partial charge in [0.25, 0.3) is 0 Å². The molecule has 0 atom stereocenters. The summed E-state index contributed by atoms with van der Waals surface area (Å²) in [5, 5.41) is 2.34. The van der Waals surface area contributed by atoms with Gasteiger partial charge in [-0.2, -0.15) is 0 Å². The lowest BCUT2D eigenvalue weighted by Gasteiger charge is -2.26. The number of rotatable bonds is 9. The second kappa shape index (κ2) is 13.2. The third-order valence-electron chi connectivity index (χ3n) is 5.72. The predicted octanol–water partition coefficient (Wildman–Crippen LogP) is 4.68. The Bertz CT molecular complexity index is 1030. The maximum Gasteiger partial charge on any atom is 0.223 e. The standard InChI is InChI=1S/C26H30N2O3.C2H2/c29-26(28-13-16-30-17-14-28)11-7-21-6-8-24-19-25(10-9-23(24)18-21)31-15-2-1-4-22-5-3-12-27-20-22;1-2/h3,5-6,8-10,12,18-20H,1-2,4,7,11,13-17H2;1-2H. The first kappa shape index (κ1) is 24.3. The lowest BCUT2D eigenvalue weighted by atomic mass is 10.0. The highest BCUT2D eigenvalue weighted by atomic mass is 16.5. The van der Waals surface area contributed by atoms with Gasteiger partial charge in [-0.15, -0.1) is 12.8 Å². The van der Waals surface area contributed by atoms with Crippen molar-refractivity contribution in [2.75, 3.05) is 32.9 Å². The van der Waals surface area contributed by atoms with E-state index in [2.05, 4.69) is 54.2 Å². The topological polar surface area (TPSA) is 51.7 Å². The molecule has 2 aromatic carbocycles. The van der Waals surface area contributed by atoms with Gasteiger partial charge in [-0.3, -0.25) is 9.78 Å². The molecule has 1 amide bonds. The number of ether oxygens (including phenoxy) is 2. The zero-order chi connectivity index (χ0) is 23.3. The van der Waals surface area contributed by atoms with Crippen molar-refractivity contribution in [3.63, 3.8) is 0 Å². The maximum atomic E-state index is 12.4. The summed E-state index contributed by atoms with van der Waals surface area (Å²) < 4.78 is 11.3. The van der Waals surface area contributed by atoms with Crippen molar-refractivity contribution in [1.82, 2.24) is 9.88 Å². The number of carbonyl (C=O) groups is 1. The number of fused-ring (bicyclic) bond motifs is 1. The molecule has 2 heterocycles. The summed E-state index contributed by atoms with van der Waals surface area (Å²) in [6.07, 6.45) is 16.2. The molecule has 5 heteroatoms. The van der Waals surface area contributed by atoms with E-state index < -0.39 is 0 Å². The van der Waals surface area contributed by atoms with Gasteiger partial charge < -0.3 is 14.4 Å². The van der Waals surface area contributed by atoms with E-state index in [1.54, 1.807) is 6.20 Å². The van der Waals surface area contributed by atoms with Gasteiger partial charge in [0.2, 0.25) is 5.91 Å². The molecule has 1 fully saturated rings. The SMILES string of the molecule is C#C.O=C(CCc1ccc2cc(OCCCCc3cccnc3)ccc2c1)N1CCOCC1. The summed E-state index contributed by atoms with van der Waals surface area (Å²) in [5.74, 6) is 1.12. The third-order valence-corrected chi connectivity index (χ3v) is 5.72. The van der Waals surface area contributed by atoms with Gasteiger partial charge in [0, 0.05) is 31.9 Å². The van der Waals surface area contributed by atoms with Gasteiger partial charge in [-0.1, -0.05) is 30.3 Å². The first-order valence-corrected chi connectivity index (χ1v) is 11.5. The van der Waals surface area contributed by atoms with E-state index in [1.165, 1.54) is 16.5 Å². The van der Waals surface area contributed by atoms with E-state index in [-0.39, 0.29) is 5.91 Å². The average molecular weight is 445 g/mol. The smallest absolute Gasteiger partial charge is 0.223 e. The van der Waals surface area contributed by atoms with E-state index in [0.717, 1.165) is 36.8 Å². The van der Waals surface area contributed by atoms with E-state index in [4.69, 9.17) is 9.47 Å². The highest BCUT2D eigenvalue weighted by Crippen LogP contribution is 2.23. The van der Waals surface area contributed by atoms with E-state index in [1.807, 2.05) is 23.2 Å². The van der Waals surface area contributed by atoms with E-state index in [9.17, 15) is 4.79 Å². The summed E-state index contributed by atoms with van der Waals surface area (Å²) >= 11 is 0. The molecule has 0 aliphatic carbocycles. The van der Waals surface area contributed by atoms with Crippen molar-refractivity contribution in [1.29, 1.82) is 0 Å². The van der Waals surface area contributed by atoms with Crippen LogP contribution in [0, 0.1) is 12.8 Å². The molecule has 1 aliphatic heterocycles. The molecule has 0 N–H and O–H groups in total. The zero-order valence-corrected chi connectivity index (χ0v) is 19.1. The fourth-order valence-electron chi connectivity index (χ4n) is 3.91. The van der Waals surface area contributed by atoms with Crippen molar-refractivity contribution in [2.24, 2.45) is 0 Å². The van der Waals surface area contributed by atoms with Crippen LogP contribution < -0.4 is 4.74 Å². The number of carbonyl (C=O) groups excluding carboxylic acids is 1. The van der Waals surface area contributed by atoms with Crippen LogP contribution in [0.25, 0.3) is 10.8 Å². The lowest BCUT2D eigenvalue weighted by molar-refractivity contribution is -0.135. The molecule has 0 radical (unpaired) electrons. The Morgan fingerprint density at radius 1 is 0.970 bits per heavy atom. The molecular formula is C28H32N2O3. The largest absolute Gasteiger partial charge is 0.494 e. The van der Waals surface area contributed by atoms with Crippen LogP contribution in [-0.2, 0) is 22.4 Å². The van der Waals surface area contributed by atoms with Crippen LogP contribution in [0.15, 0.2) is 60.9 Å². The Labute approximate surface area is 196 Å². The van der Waals surface area contributed by atoms with Gasteiger partial charge in [-0.25, -0.2) is 0 Å². The fraction of sp³-hybridized carbons (Fsp3) is 0.357. The minimum Gasteiger partial charge on any atom is -0.494 e. The summed E-state index contributed by atoms with van der Waals surface area (Å²) in [4.78, 5) is 18.4. The number of aromatic nitrogens is 1. The maximum absolute atomic E-state index is 12.4. The number of nitrogens with zero attached hydrogens (tertiary/aromatic N) is 2. The number of hydrogen-bond acceptors (Lipinski definition) is 4. The molecule has 1 aliphatic rings. The molecule has 33 heavy (non-hydrogen) atoms. The highest BCUT2D eigenvalue weighted by molar-refractivity contribution is 5.84. The predicted molar refractivity (Wildman–Crippen MR) is 132 cm³/mol. The lowest BCUT2D eigenvalue weighted by Crippen LogP contribution is -2.40. The number of benzene rings is 2. The number of pyridine rings is 1. The Balaban J connectivity index is 0.00000149. The van der Waals surface area contributed by atoms with Crippen molar-refractivity contribution in [3.8, 4) is 18.6 Å². The van der Waals surface area contributed by atoms with Crippen molar-refractivity contribution >= 4 is 16.7 Å². The van der Waals surface area contributed by atoms with Gasteiger partial charge in [0.15, 0.2) is 0 Å². The van der Waals surface area contributed by atoms with E-state index in [0.29, 0.717) is 39.3 Å². The van der Waals surface area contributed by atoms with Crippen LogP contribution in [0.1, 0.15) is 30.4 Å². The number of aryl methyl sites for hydroxylation is 2. The third kappa shape index (κ3) is 7.62. The molecule has 0 saturated carbocycles. The Morgan fingerprint density at radius 2 is 1.76 bits per heavy atom. The quantitative estimate of drug-likeness (QED) is 0.355. The number of terminal acetylenes is 1. The molecule has 1 aromatic heterocycles. The molecule has 4 rings (SSSR count). The normalized spacial score (nSPS) is 13.2.